The molecule has 3 aromatic carbocycles. The number of rotatable bonds is 9. The van der Waals surface area contributed by atoms with Crippen molar-refractivity contribution in [1.29, 1.82) is 0 Å². The fourth-order valence-electron chi connectivity index (χ4n) is 3.55. The average molecular weight is 457 g/mol. The number of hydrogen-bond donors (Lipinski definition) is 2. The Hall–Kier alpha value is -2.66. The Morgan fingerprint density at radius 3 is 2.55 bits per heavy atom. The van der Waals surface area contributed by atoms with E-state index >= 15 is 0 Å². The van der Waals surface area contributed by atoms with Crippen molar-refractivity contribution in [1.82, 2.24) is 10.3 Å². The lowest BCUT2D eigenvalue weighted by atomic mass is 10.1. The van der Waals surface area contributed by atoms with Gasteiger partial charge in [0, 0.05) is 34.2 Å². The Morgan fingerprint density at radius 2 is 1.74 bits per heavy atom. The molecule has 0 aliphatic carbocycles. The Bertz CT molecular complexity index is 1110. The molecule has 1 aromatic heterocycles. The van der Waals surface area contributed by atoms with Gasteiger partial charge in [-0.1, -0.05) is 54.1 Å². The first kappa shape index (κ1) is 23.0. The fourth-order valence-corrected chi connectivity index (χ4v) is 3.67. The predicted molar refractivity (Wildman–Crippen MR) is 130 cm³/mol. The average Bonchev–Trinajstić information content (AvgIpc) is 3.19. The molecule has 0 aliphatic rings. The maximum Gasteiger partial charge on any atom is 0.166 e. The zero-order chi connectivity index (χ0) is 20.8. The smallest absolute Gasteiger partial charge is 0.166 e. The topological polar surface area (TPSA) is 46.3 Å². The number of para-hydroxylation sites is 2. The van der Waals surface area contributed by atoms with Crippen molar-refractivity contribution in [3.63, 3.8) is 0 Å². The quantitative estimate of drug-likeness (QED) is 0.296. The van der Waals surface area contributed by atoms with E-state index in [0.29, 0.717) is 13.2 Å². The number of hydrogen-bond acceptors (Lipinski definition) is 3. The Labute approximate surface area is 193 Å². The van der Waals surface area contributed by atoms with Crippen LogP contribution in [0, 0.1) is 0 Å². The Morgan fingerprint density at radius 1 is 0.935 bits per heavy atom. The van der Waals surface area contributed by atoms with E-state index < -0.39 is 0 Å². The van der Waals surface area contributed by atoms with Crippen LogP contribution in [0.15, 0.2) is 72.9 Å². The molecule has 4 aromatic rings. The van der Waals surface area contributed by atoms with Crippen LogP contribution in [-0.2, 0) is 19.6 Å². The Balaban J connectivity index is 0.00000272. The minimum Gasteiger partial charge on any atom is -0.493 e. The summed E-state index contributed by atoms with van der Waals surface area (Å²) >= 11 is 5.97. The van der Waals surface area contributed by atoms with Gasteiger partial charge in [-0.25, -0.2) is 0 Å². The van der Waals surface area contributed by atoms with Crippen LogP contribution in [0.3, 0.4) is 0 Å². The molecule has 4 rings (SSSR count). The molecule has 0 radical (unpaired) electrons. The lowest BCUT2D eigenvalue weighted by Gasteiger charge is -2.16. The lowest BCUT2D eigenvalue weighted by molar-refractivity contribution is 0.280. The highest BCUT2D eigenvalue weighted by Crippen LogP contribution is 2.32. The van der Waals surface area contributed by atoms with E-state index in [9.17, 15) is 0 Å². The number of halogens is 2. The summed E-state index contributed by atoms with van der Waals surface area (Å²) in [5.41, 5.74) is 4.63. The molecule has 0 saturated carbocycles. The van der Waals surface area contributed by atoms with Crippen LogP contribution in [0.5, 0.6) is 11.5 Å². The maximum absolute atomic E-state index is 6.13. The van der Waals surface area contributed by atoms with E-state index in [1.54, 1.807) is 7.11 Å². The fraction of sp³-hybridized carbons (Fsp3) is 0.200. The summed E-state index contributed by atoms with van der Waals surface area (Å²) in [6, 6.07) is 22.1. The van der Waals surface area contributed by atoms with Crippen molar-refractivity contribution < 1.29 is 9.47 Å². The standard InChI is InChI=1S/C25H25ClN2O2.ClH/c1-29-24-8-4-5-20(25(24)30-17-18-9-11-21(26)12-10-18)15-27-14-13-19-16-28-23-7-3-2-6-22(19)23;/h2-12,16,27-28H,13-15,17H2,1H3;1H. The van der Waals surface area contributed by atoms with Gasteiger partial charge in [0.1, 0.15) is 6.61 Å². The van der Waals surface area contributed by atoms with Crippen LogP contribution >= 0.6 is 24.0 Å². The van der Waals surface area contributed by atoms with E-state index in [-0.39, 0.29) is 12.4 Å². The summed E-state index contributed by atoms with van der Waals surface area (Å²) in [7, 11) is 1.67. The minimum absolute atomic E-state index is 0. The van der Waals surface area contributed by atoms with E-state index in [0.717, 1.165) is 40.6 Å². The van der Waals surface area contributed by atoms with Gasteiger partial charge in [-0.2, -0.15) is 0 Å². The molecule has 162 valence electrons. The van der Waals surface area contributed by atoms with Gasteiger partial charge in [0.2, 0.25) is 0 Å². The number of benzene rings is 3. The van der Waals surface area contributed by atoms with Crippen LogP contribution in [0.4, 0.5) is 0 Å². The van der Waals surface area contributed by atoms with Crippen molar-refractivity contribution in [3.8, 4) is 11.5 Å². The molecule has 0 aliphatic heterocycles. The van der Waals surface area contributed by atoms with Gasteiger partial charge in [0.15, 0.2) is 11.5 Å². The van der Waals surface area contributed by atoms with Crippen molar-refractivity contribution >= 4 is 34.9 Å². The zero-order valence-corrected chi connectivity index (χ0v) is 18.9. The van der Waals surface area contributed by atoms with Crippen molar-refractivity contribution in [3.05, 3.63) is 94.6 Å². The predicted octanol–water partition coefficient (Wildman–Crippen LogP) is 6.16. The largest absolute Gasteiger partial charge is 0.493 e. The second-order valence-electron chi connectivity index (χ2n) is 7.15. The first-order chi connectivity index (χ1) is 14.7. The molecule has 0 unspecified atom stereocenters. The maximum atomic E-state index is 6.13. The number of ether oxygens (including phenoxy) is 2. The molecule has 0 amide bonds. The highest BCUT2D eigenvalue weighted by atomic mass is 35.5. The molecule has 0 atom stereocenters. The van der Waals surface area contributed by atoms with Gasteiger partial charge in [-0.05, 0) is 48.4 Å². The summed E-state index contributed by atoms with van der Waals surface area (Å²) in [5.74, 6) is 1.51. The van der Waals surface area contributed by atoms with E-state index in [1.165, 1.54) is 16.5 Å². The van der Waals surface area contributed by atoms with E-state index in [4.69, 9.17) is 21.1 Å². The highest BCUT2D eigenvalue weighted by Gasteiger charge is 2.11. The number of H-pyrrole nitrogens is 1. The second-order valence-corrected chi connectivity index (χ2v) is 7.59. The molecule has 2 N–H and O–H groups in total. The third kappa shape index (κ3) is 5.73. The summed E-state index contributed by atoms with van der Waals surface area (Å²) in [6.45, 7) is 2.03. The van der Waals surface area contributed by atoms with Gasteiger partial charge >= 0.3 is 0 Å². The SMILES string of the molecule is COc1cccc(CNCCc2c[nH]c3ccccc23)c1OCc1ccc(Cl)cc1.Cl. The van der Waals surface area contributed by atoms with Crippen LogP contribution in [-0.4, -0.2) is 18.6 Å². The molecule has 0 saturated heterocycles. The molecule has 0 spiro atoms. The first-order valence-corrected chi connectivity index (χ1v) is 10.4. The van der Waals surface area contributed by atoms with Gasteiger partial charge < -0.3 is 19.8 Å². The highest BCUT2D eigenvalue weighted by molar-refractivity contribution is 6.30. The first-order valence-electron chi connectivity index (χ1n) is 10.0. The lowest BCUT2D eigenvalue weighted by Crippen LogP contribution is -2.17. The van der Waals surface area contributed by atoms with Gasteiger partial charge in [0.25, 0.3) is 0 Å². The van der Waals surface area contributed by atoms with Crippen LogP contribution in [0.2, 0.25) is 5.02 Å². The molecular formula is C25H26Cl2N2O2. The molecule has 0 fully saturated rings. The molecule has 1 heterocycles. The van der Waals surface area contributed by atoms with Crippen LogP contribution in [0.25, 0.3) is 10.9 Å². The molecule has 31 heavy (non-hydrogen) atoms. The number of aromatic nitrogens is 1. The van der Waals surface area contributed by atoms with Crippen LogP contribution in [0.1, 0.15) is 16.7 Å². The normalized spacial score (nSPS) is 10.6. The van der Waals surface area contributed by atoms with Crippen molar-refractivity contribution in [2.24, 2.45) is 0 Å². The van der Waals surface area contributed by atoms with Gasteiger partial charge in [-0.3, -0.25) is 0 Å². The van der Waals surface area contributed by atoms with E-state index in [1.807, 2.05) is 36.4 Å². The number of fused-ring (bicyclic) bond motifs is 1. The summed E-state index contributed by atoms with van der Waals surface area (Å²) in [5, 5.41) is 5.54. The third-order valence-corrected chi connectivity index (χ3v) is 5.39. The minimum atomic E-state index is 0. The number of aromatic amines is 1. The van der Waals surface area contributed by atoms with Crippen LogP contribution < -0.4 is 14.8 Å². The third-order valence-electron chi connectivity index (χ3n) is 5.14. The Kier molecular flexibility index (Phi) is 8.24. The molecule has 0 bridgehead atoms. The molecule has 6 heteroatoms. The van der Waals surface area contributed by atoms with Gasteiger partial charge in [-0.15, -0.1) is 12.4 Å². The summed E-state index contributed by atoms with van der Waals surface area (Å²) in [4.78, 5) is 3.33. The zero-order valence-electron chi connectivity index (χ0n) is 17.4. The molecular weight excluding hydrogens is 431 g/mol. The summed E-state index contributed by atoms with van der Waals surface area (Å²) < 4.78 is 11.7. The van der Waals surface area contributed by atoms with Crippen molar-refractivity contribution in [2.75, 3.05) is 13.7 Å². The number of methoxy groups -OCH3 is 1. The second kappa shape index (κ2) is 11.1. The summed E-state index contributed by atoms with van der Waals surface area (Å²) in [6.07, 6.45) is 3.05. The van der Waals surface area contributed by atoms with E-state index in [2.05, 4.69) is 46.8 Å². The van der Waals surface area contributed by atoms with Gasteiger partial charge in [0.05, 0.1) is 7.11 Å². The number of nitrogens with one attached hydrogen (secondary N) is 2. The van der Waals surface area contributed by atoms with Crippen molar-refractivity contribution in [2.45, 2.75) is 19.6 Å². The monoisotopic (exact) mass is 456 g/mol. The molecule has 4 nitrogen and oxygen atoms in total.